The molecule has 0 bridgehead atoms. The maximum absolute atomic E-state index is 11.8. The van der Waals surface area contributed by atoms with E-state index >= 15 is 0 Å². The highest BCUT2D eigenvalue weighted by molar-refractivity contribution is 7.99. The molecule has 0 saturated carbocycles. The monoisotopic (exact) mass is 519 g/mol. The molecule has 10 heteroatoms. The first-order chi connectivity index (χ1) is 16.9. The lowest BCUT2D eigenvalue weighted by molar-refractivity contribution is -0.143. The van der Waals surface area contributed by atoms with Gasteiger partial charge in [-0.3, -0.25) is 4.79 Å². The molecule has 2 unspecified atom stereocenters. The number of aliphatic hydroxyl groups is 1. The third kappa shape index (κ3) is 21.5. The Balaban J connectivity index is 3.45. The number of carboxylic acids is 1. The van der Waals surface area contributed by atoms with Crippen molar-refractivity contribution < 1.29 is 29.3 Å². The van der Waals surface area contributed by atoms with E-state index in [0.717, 1.165) is 12.8 Å². The summed E-state index contributed by atoms with van der Waals surface area (Å²) in [5, 5.41) is 22.6. The van der Waals surface area contributed by atoms with E-state index < -0.39 is 36.7 Å². The molecule has 0 fully saturated rings. The zero-order valence-electron chi connectivity index (χ0n) is 21.6. The molecule has 6 N–H and O–H groups in total. The Kier molecular flexibility index (Phi) is 23.1. The molecule has 0 saturated heterocycles. The Labute approximate surface area is 215 Å². The summed E-state index contributed by atoms with van der Waals surface area (Å²) >= 11 is 1.36. The molecule has 0 aromatic carbocycles. The van der Waals surface area contributed by atoms with Gasteiger partial charge in [0.1, 0.15) is 6.04 Å². The standard InChI is InChI=1S/C25H49N3O6S/c1-2-3-4-5-6-7-8-9-10-11-12-13-14-15-17-34-25(33)27-16-18-35-20-21(26)23(30)28-22(19-29)24(31)32/h21-22,29H,2-20,26H2,1H3,(H,27,33)(H,28,30)(H,31,32). The van der Waals surface area contributed by atoms with Crippen molar-refractivity contribution in [2.45, 2.75) is 109 Å². The maximum Gasteiger partial charge on any atom is 0.407 e. The number of aliphatic hydroxyl groups excluding tert-OH is 1. The van der Waals surface area contributed by atoms with E-state index in [1.54, 1.807) is 0 Å². The van der Waals surface area contributed by atoms with Crippen LogP contribution in [0.4, 0.5) is 4.79 Å². The van der Waals surface area contributed by atoms with Gasteiger partial charge in [0.15, 0.2) is 0 Å². The first-order valence-electron chi connectivity index (χ1n) is 13.3. The van der Waals surface area contributed by atoms with Gasteiger partial charge in [-0.2, -0.15) is 11.8 Å². The van der Waals surface area contributed by atoms with Gasteiger partial charge in [0.25, 0.3) is 0 Å². The van der Waals surface area contributed by atoms with Crippen LogP contribution in [0.2, 0.25) is 0 Å². The van der Waals surface area contributed by atoms with Crippen molar-refractivity contribution in [3.63, 3.8) is 0 Å². The maximum atomic E-state index is 11.8. The van der Waals surface area contributed by atoms with Crippen molar-refractivity contribution in [3.8, 4) is 0 Å². The molecule has 0 aromatic rings. The van der Waals surface area contributed by atoms with Crippen molar-refractivity contribution in [3.05, 3.63) is 0 Å². The summed E-state index contributed by atoms with van der Waals surface area (Å²) in [5.74, 6) is -1.16. The SMILES string of the molecule is CCCCCCCCCCCCCCCCOC(=O)NCCSCC(N)C(=O)NC(CO)C(=O)O. The number of aliphatic carboxylic acids is 1. The summed E-state index contributed by atoms with van der Waals surface area (Å²) in [6.07, 6.45) is 17.5. The number of nitrogens with two attached hydrogens (primary N) is 1. The number of thioether (sulfide) groups is 1. The number of unbranched alkanes of at least 4 members (excludes halogenated alkanes) is 13. The van der Waals surface area contributed by atoms with Crippen molar-refractivity contribution in [1.29, 1.82) is 0 Å². The number of carboxylic acid groups (broad SMARTS) is 1. The fourth-order valence-electron chi connectivity index (χ4n) is 3.49. The molecule has 0 radical (unpaired) electrons. The zero-order valence-corrected chi connectivity index (χ0v) is 22.4. The number of carbonyl (C=O) groups excluding carboxylic acids is 2. The molecule has 0 aliphatic heterocycles. The van der Waals surface area contributed by atoms with E-state index in [-0.39, 0.29) is 5.75 Å². The molecule has 2 atom stereocenters. The lowest BCUT2D eigenvalue weighted by Gasteiger charge is -2.15. The summed E-state index contributed by atoms with van der Waals surface area (Å²) in [7, 11) is 0. The van der Waals surface area contributed by atoms with Gasteiger partial charge in [0.05, 0.1) is 19.3 Å². The van der Waals surface area contributed by atoms with Crippen molar-refractivity contribution in [2.24, 2.45) is 5.73 Å². The molecular formula is C25H49N3O6S. The summed E-state index contributed by atoms with van der Waals surface area (Å²) in [5.41, 5.74) is 5.71. The van der Waals surface area contributed by atoms with Gasteiger partial charge in [0.2, 0.25) is 5.91 Å². The van der Waals surface area contributed by atoms with E-state index in [9.17, 15) is 14.4 Å². The molecule has 0 aromatic heterocycles. The fraction of sp³-hybridized carbons (Fsp3) is 0.880. The molecule has 0 aliphatic rings. The number of hydrogen-bond acceptors (Lipinski definition) is 7. The van der Waals surface area contributed by atoms with Crippen LogP contribution in [-0.4, -0.2) is 71.5 Å². The van der Waals surface area contributed by atoms with E-state index in [0.29, 0.717) is 18.9 Å². The first-order valence-corrected chi connectivity index (χ1v) is 14.5. The van der Waals surface area contributed by atoms with Crippen molar-refractivity contribution in [1.82, 2.24) is 10.6 Å². The summed E-state index contributed by atoms with van der Waals surface area (Å²) < 4.78 is 5.17. The third-order valence-corrected chi connectivity index (χ3v) is 6.77. The van der Waals surface area contributed by atoms with Crippen LogP contribution in [0.5, 0.6) is 0 Å². The summed E-state index contributed by atoms with van der Waals surface area (Å²) in [4.78, 5) is 34.3. The Hall–Kier alpha value is -1.52. The topological polar surface area (TPSA) is 151 Å². The second-order valence-electron chi connectivity index (χ2n) is 8.92. The minimum atomic E-state index is -1.37. The fourth-order valence-corrected chi connectivity index (χ4v) is 4.31. The largest absolute Gasteiger partial charge is 0.480 e. The van der Waals surface area contributed by atoms with E-state index in [4.69, 9.17) is 20.7 Å². The molecule has 2 amide bonds. The predicted octanol–water partition coefficient (Wildman–Crippen LogP) is 3.82. The normalized spacial score (nSPS) is 12.7. The molecule has 0 rings (SSSR count). The molecule has 0 aliphatic carbocycles. The van der Waals surface area contributed by atoms with Crippen molar-refractivity contribution in [2.75, 3.05) is 31.3 Å². The minimum Gasteiger partial charge on any atom is -0.480 e. The highest BCUT2D eigenvalue weighted by Gasteiger charge is 2.22. The van der Waals surface area contributed by atoms with Crippen LogP contribution >= 0.6 is 11.8 Å². The molecule has 0 spiro atoms. The lowest BCUT2D eigenvalue weighted by atomic mass is 10.0. The van der Waals surface area contributed by atoms with Crippen molar-refractivity contribution >= 4 is 29.7 Å². The molecule has 9 nitrogen and oxygen atoms in total. The number of nitrogens with one attached hydrogen (secondary N) is 2. The quantitative estimate of drug-likeness (QED) is 0.121. The van der Waals surface area contributed by atoms with Gasteiger partial charge < -0.3 is 31.3 Å². The highest BCUT2D eigenvalue weighted by atomic mass is 32.2. The molecule has 0 heterocycles. The lowest BCUT2D eigenvalue weighted by Crippen LogP contribution is -2.50. The van der Waals surface area contributed by atoms with Gasteiger partial charge in [-0.25, -0.2) is 9.59 Å². The number of ether oxygens (including phenoxy) is 1. The number of hydrogen-bond donors (Lipinski definition) is 5. The van der Waals surface area contributed by atoms with E-state index in [1.807, 2.05) is 0 Å². The second kappa shape index (κ2) is 24.2. The Morgan fingerprint density at radius 2 is 1.40 bits per heavy atom. The third-order valence-electron chi connectivity index (χ3n) is 5.68. The molecule has 35 heavy (non-hydrogen) atoms. The number of alkyl carbamates (subject to hydrolysis) is 1. The van der Waals surface area contributed by atoms with E-state index in [1.165, 1.54) is 88.8 Å². The summed E-state index contributed by atoms with van der Waals surface area (Å²) in [6.45, 7) is 2.35. The number of rotatable bonds is 24. The number of carbonyl (C=O) groups is 3. The Morgan fingerprint density at radius 3 is 1.89 bits per heavy atom. The Morgan fingerprint density at radius 1 is 0.886 bits per heavy atom. The second-order valence-corrected chi connectivity index (χ2v) is 10.1. The minimum absolute atomic E-state index is 0.263. The average molecular weight is 520 g/mol. The van der Waals surface area contributed by atoms with Crippen LogP contribution in [0.25, 0.3) is 0 Å². The molecular weight excluding hydrogens is 470 g/mol. The van der Waals surface area contributed by atoms with Crippen LogP contribution in [0, 0.1) is 0 Å². The van der Waals surface area contributed by atoms with E-state index in [2.05, 4.69) is 17.6 Å². The number of amides is 2. The zero-order chi connectivity index (χ0) is 26.2. The average Bonchev–Trinajstić information content (AvgIpc) is 2.84. The van der Waals surface area contributed by atoms with Gasteiger partial charge in [0, 0.05) is 18.1 Å². The Bertz CT molecular complexity index is 553. The van der Waals surface area contributed by atoms with Gasteiger partial charge in [-0.1, -0.05) is 90.4 Å². The van der Waals surface area contributed by atoms with Crippen LogP contribution in [0.15, 0.2) is 0 Å². The van der Waals surface area contributed by atoms with Crippen LogP contribution in [0.1, 0.15) is 96.8 Å². The predicted molar refractivity (Wildman–Crippen MR) is 142 cm³/mol. The van der Waals surface area contributed by atoms with Crippen LogP contribution in [-0.2, 0) is 14.3 Å². The first kappa shape index (κ1) is 33.5. The smallest absolute Gasteiger partial charge is 0.407 e. The van der Waals surface area contributed by atoms with Crippen LogP contribution < -0.4 is 16.4 Å². The van der Waals surface area contributed by atoms with Gasteiger partial charge in [-0.15, -0.1) is 0 Å². The summed E-state index contributed by atoms with van der Waals surface area (Å²) in [6, 6.07) is -2.27. The van der Waals surface area contributed by atoms with Crippen LogP contribution in [0.3, 0.4) is 0 Å². The van der Waals surface area contributed by atoms with Gasteiger partial charge >= 0.3 is 12.1 Å². The highest BCUT2D eigenvalue weighted by Crippen LogP contribution is 2.13. The molecule has 206 valence electrons. The van der Waals surface area contributed by atoms with Gasteiger partial charge in [-0.05, 0) is 6.42 Å².